The lowest BCUT2D eigenvalue weighted by Gasteiger charge is -2.04. The van der Waals surface area contributed by atoms with Gasteiger partial charge in [-0.2, -0.15) is 0 Å². The van der Waals surface area contributed by atoms with Gasteiger partial charge in [0.05, 0.1) is 4.88 Å². The van der Waals surface area contributed by atoms with Crippen molar-refractivity contribution >= 4 is 28.6 Å². The molecule has 0 spiro atoms. The second-order valence-electron chi connectivity index (χ2n) is 4.19. The summed E-state index contributed by atoms with van der Waals surface area (Å²) in [5.74, 6) is -0.0241. The van der Waals surface area contributed by atoms with E-state index in [2.05, 4.69) is 10.3 Å². The predicted octanol–water partition coefficient (Wildman–Crippen LogP) is 3.80. The van der Waals surface area contributed by atoms with Crippen LogP contribution in [0.3, 0.4) is 0 Å². The van der Waals surface area contributed by atoms with E-state index in [-0.39, 0.29) is 5.91 Å². The van der Waals surface area contributed by atoms with Crippen molar-refractivity contribution in [3.8, 4) is 10.6 Å². The van der Waals surface area contributed by atoms with Gasteiger partial charge in [-0.25, -0.2) is 4.98 Å². The number of thiazole rings is 1. The molecule has 3 nitrogen and oxygen atoms in total. The van der Waals surface area contributed by atoms with Crippen LogP contribution in [0, 0.1) is 0 Å². The minimum atomic E-state index is -0.0241. The fourth-order valence-corrected chi connectivity index (χ4v) is 3.09. The largest absolute Gasteiger partial charge is 0.347 e. The second-order valence-corrected chi connectivity index (χ2v) is 6.04. The maximum atomic E-state index is 11.8. The molecule has 0 saturated carbocycles. The highest BCUT2D eigenvalue weighted by molar-refractivity contribution is 7.13. The van der Waals surface area contributed by atoms with Gasteiger partial charge in [0.1, 0.15) is 5.01 Å². The molecule has 0 saturated heterocycles. The molecule has 0 aliphatic heterocycles. The van der Waals surface area contributed by atoms with Crippen LogP contribution in [0.4, 0.5) is 0 Å². The fraction of sp³-hybridized carbons (Fsp3) is 0.0667. The van der Waals surface area contributed by atoms with Gasteiger partial charge in [0, 0.05) is 23.7 Å². The topological polar surface area (TPSA) is 42.0 Å². The van der Waals surface area contributed by atoms with Crippen LogP contribution in [0.25, 0.3) is 10.6 Å². The molecule has 2 aromatic heterocycles. The summed E-state index contributed by atoms with van der Waals surface area (Å²) in [6, 6.07) is 11.8. The van der Waals surface area contributed by atoms with Crippen molar-refractivity contribution in [3.63, 3.8) is 0 Å². The third-order valence-electron chi connectivity index (χ3n) is 2.83. The lowest BCUT2D eigenvalue weighted by Crippen LogP contribution is -2.21. The molecule has 100 valence electrons. The minimum Gasteiger partial charge on any atom is -0.347 e. The third kappa shape index (κ3) is 2.95. The van der Waals surface area contributed by atoms with Crippen molar-refractivity contribution in [1.29, 1.82) is 0 Å². The Kier molecular flexibility index (Phi) is 3.90. The highest BCUT2D eigenvalue weighted by atomic mass is 32.1. The van der Waals surface area contributed by atoms with Crippen molar-refractivity contribution in [2.24, 2.45) is 0 Å². The first kappa shape index (κ1) is 13.0. The van der Waals surface area contributed by atoms with E-state index in [1.54, 1.807) is 17.5 Å². The van der Waals surface area contributed by atoms with Gasteiger partial charge in [-0.15, -0.1) is 22.7 Å². The van der Waals surface area contributed by atoms with Gasteiger partial charge in [0.25, 0.3) is 5.91 Å². The number of thiophene rings is 1. The van der Waals surface area contributed by atoms with Crippen LogP contribution < -0.4 is 5.32 Å². The predicted molar refractivity (Wildman–Crippen MR) is 83.0 cm³/mol. The summed E-state index contributed by atoms with van der Waals surface area (Å²) in [5.41, 5.74) is 2.18. The van der Waals surface area contributed by atoms with Crippen molar-refractivity contribution in [2.75, 3.05) is 0 Å². The first-order valence-electron chi connectivity index (χ1n) is 6.13. The highest BCUT2D eigenvalue weighted by Gasteiger charge is 2.06. The molecule has 1 amide bonds. The zero-order chi connectivity index (χ0) is 13.8. The molecule has 3 aromatic rings. The van der Waals surface area contributed by atoms with E-state index < -0.39 is 0 Å². The molecule has 2 heterocycles. The molecule has 0 unspecified atom stereocenters. The smallest absolute Gasteiger partial charge is 0.261 e. The van der Waals surface area contributed by atoms with E-state index >= 15 is 0 Å². The van der Waals surface area contributed by atoms with Crippen LogP contribution in [-0.2, 0) is 6.54 Å². The summed E-state index contributed by atoms with van der Waals surface area (Å²) < 4.78 is 0. The molecule has 0 fully saturated rings. The van der Waals surface area contributed by atoms with Crippen LogP contribution in [-0.4, -0.2) is 10.9 Å². The lowest BCUT2D eigenvalue weighted by molar-refractivity contribution is 0.0955. The molecular formula is C15H12N2OS2. The number of benzene rings is 1. The van der Waals surface area contributed by atoms with Crippen molar-refractivity contribution in [3.05, 3.63) is 63.8 Å². The third-order valence-corrected chi connectivity index (χ3v) is 4.52. The van der Waals surface area contributed by atoms with Crippen molar-refractivity contribution < 1.29 is 4.79 Å². The summed E-state index contributed by atoms with van der Waals surface area (Å²) in [6.45, 7) is 0.537. The van der Waals surface area contributed by atoms with Gasteiger partial charge in [0.2, 0.25) is 0 Å². The van der Waals surface area contributed by atoms with E-state index in [0.29, 0.717) is 6.54 Å². The van der Waals surface area contributed by atoms with Gasteiger partial charge in [-0.1, -0.05) is 30.3 Å². The van der Waals surface area contributed by atoms with E-state index in [9.17, 15) is 4.79 Å². The molecule has 0 aliphatic carbocycles. The zero-order valence-electron chi connectivity index (χ0n) is 10.6. The number of nitrogens with zero attached hydrogens (tertiary/aromatic N) is 1. The number of hydrogen-bond acceptors (Lipinski definition) is 4. The standard InChI is InChI=1S/C15H12N2OS2/c18-14(13-2-1-8-19-13)17-10-11-3-5-12(6-4-11)15-16-7-9-20-15/h1-9H,10H2,(H,17,18). The summed E-state index contributed by atoms with van der Waals surface area (Å²) in [6.07, 6.45) is 1.80. The van der Waals surface area contributed by atoms with Gasteiger partial charge in [0.15, 0.2) is 0 Å². The average molecular weight is 300 g/mol. The van der Waals surface area contributed by atoms with Gasteiger partial charge in [-0.05, 0) is 17.0 Å². The Balaban J connectivity index is 1.63. The Morgan fingerprint density at radius 2 is 1.95 bits per heavy atom. The minimum absolute atomic E-state index is 0.0241. The number of rotatable bonds is 4. The molecular weight excluding hydrogens is 288 g/mol. The Hall–Kier alpha value is -1.98. The SMILES string of the molecule is O=C(NCc1ccc(-c2nccs2)cc1)c1cccs1. The normalized spacial score (nSPS) is 10.4. The van der Waals surface area contributed by atoms with Crippen LogP contribution in [0.2, 0.25) is 0 Å². The first-order chi connectivity index (χ1) is 9.83. The van der Waals surface area contributed by atoms with E-state index in [1.165, 1.54) is 11.3 Å². The summed E-state index contributed by atoms with van der Waals surface area (Å²) in [5, 5.41) is 7.79. The van der Waals surface area contributed by atoms with Crippen molar-refractivity contribution in [2.45, 2.75) is 6.54 Å². The number of hydrogen-bond donors (Lipinski definition) is 1. The Morgan fingerprint density at radius 1 is 1.10 bits per heavy atom. The summed E-state index contributed by atoms with van der Waals surface area (Å²) >= 11 is 3.07. The van der Waals surface area contributed by atoms with Gasteiger partial charge < -0.3 is 5.32 Å². The van der Waals surface area contributed by atoms with E-state index in [1.807, 2.05) is 47.2 Å². The second kappa shape index (κ2) is 5.98. The van der Waals surface area contributed by atoms with Crippen LogP contribution in [0.1, 0.15) is 15.2 Å². The van der Waals surface area contributed by atoms with E-state index in [4.69, 9.17) is 0 Å². The molecule has 0 aliphatic rings. The number of carbonyl (C=O) groups excluding carboxylic acids is 1. The highest BCUT2D eigenvalue weighted by Crippen LogP contribution is 2.21. The molecule has 3 rings (SSSR count). The molecule has 1 N–H and O–H groups in total. The molecule has 5 heteroatoms. The maximum absolute atomic E-state index is 11.8. The summed E-state index contributed by atoms with van der Waals surface area (Å²) in [7, 11) is 0. The van der Waals surface area contributed by atoms with Gasteiger partial charge in [-0.3, -0.25) is 4.79 Å². The monoisotopic (exact) mass is 300 g/mol. The Labute approximate surface area is 124 Å². The zero-order valence-corrected chi connectivity index (χ0v) is 12.2. The Bertz CT molecular complexity index is 673. The quantitative estimate of drug-likeness (QED) is 0.796. The first-order valence-corrected chi connectivity index (χ1v) is 7.89. The number of aromatic nitrogens is 1. The van der Waals surface area contributed by atoms with Crippen LogP contribution >= 0.6 is 22.7 Å². The molecule has 20 heavy (non-hydrogen) atoms. The average Bonchev–Trinajstić information content (AvgIpc) is 3.18. The lowest BCUT2D eigenvalue weighted by atomic mass is 10.1. The summed E-state index contributed by atoms with van der Waals surface area (Å²) in [4.78, 5) is 16.8. The molecule has 1 aromatic carbocycles. The number of amides is 1. The van der Waals surface area contributed by atoms with Crippen LogP contribution in [0.15, 0.2) is 53.4 Å². The number of carbonyl (C=O) groups is 1. The van der Waals surface area contributed by atoms with Crippen LogP contribution in [0.5, 0.6) is 0 Å². The number of nitrogens with one attached hydrogen (secondary N) is 1. The molecule has 0 bridgehead atoms. The van der Waals surface area contributed by atoms with E-state index in [0.717, 1.165) is 21.0 Å². The molecule has 0 radical (unpaired) electrons. The maximum Gasteiger partial charge on any atom is 0.261 e. The fourth-order valence-electron chi connectivity index (χ4n) is 1.81. The Morgan fingerprint density at radius 3 is 2.60 bits per heavy atom. The van der Waals surface area contributed by atoms with Crippen molar-refractivity contribution in [1.82, 2.24) is 10.3 Å². The molecule has 0 atom stereocenters. The van der Waals surface area contributed by atoms with Gasteiger partial charge >= 0.3 is 0 Å².